The number of ether oxygens (including phenoxy) is 1. The van der Waals surface area contributed by atoms with Gasteiger partial charge in [-0.15, -0.1) is 0 Å². The van der Waals surface area contributed by atoms with Crippen molar-refractivity contribution in [3.8, 4) is 0 Å². The van der Waals surface area contributed by atoms with Gasteiger partial charge in [0.15, 0.2) is 0 Å². The highest BCUT2D eigenvalue weighted by atomic mass is 16.5. The van der Waals surface area contributed by atoms with Crippen LogP contribution in [0.1, 0.15) is 112 Å². The lowest BCUT2D eigenvalue weighted by molar-refractivity contribution is -0.143. The number of ketones is 1. The van der Waals surface area contributed by atoms with Crippen molar-refractivity contribution < 1.29 is 43.4 Å². The first kappa shape index (κ1) is 40.5. The third-order valence-corrected chi connectivity index (χ3v) is 8.86. The SMILES string of the molecule is CCCC(NC(=O)[C@H](CC(C)C)NC(=O)[C@@H](NC(=O)OCC(C)C)C1CCCCC1)C(=O)C(=O)NCC(=O)N[C@H](C(=O)O)C1CCCC1. The average molecular weight is 680 g/mol. The molecule has 4 atom stereocenters. The molecule has 14 nitrogen and oxygen atoms in total. The minimum atomic E-state index is -1.22. The van der Waals surface area contributed by atoms with Gasteiger partial charge in [-0.25, -0.2) is 9.59 Å². The summed E-state index contributed by atoms with van der Waals surface area (Å²) < 4.78 is 5.27. The third kappa shape index (κ3) is 13.8. The summed E-state index contributed by atoms with van der Waals surface area (Å²) in [5.41, 5.74) is 0. The van der Waals surface area contributed by atoms with Gasteiger partial charge < -0.3 is 36.4 Å². The van der Waals surface area contributed by atoms with Crippen molar-refractivity contribution in [1.29, 1.82) is 0 Å². The van der Waals surface area contributed by atoms with Gasteiger partial charge in [0.25, 0.3) is 5.91 Å². The number of carboxylic acids is 1. The molecule has 0 aliphatic heterocycles. The van der Waals surface area contributed by atoms with Crippen LogP contribution in [0.4, 0.5) is 4.79 Å². The molecule has 14 heteroatoms. The van der Waals surface area contributed by atoms with Crippen LogP contribution < -0.4 is 26.6 Å². The molecule has 6 N–H and O–H groups in total. The molecule has 2 fully saturated rings. The number of carboxylic acid groups (broad SMARTS) is 1. The molecule has 0 aromatic heterocycles. The van der Waals surface area contributed by atoms with E-state index in [-0.39, 0.29) is 43.1 Å². The van der Waals surface area contributed by atoms with Crippen LogP contribution in [0, 0.1) is 23.7 Å². The maximum absolute atomic E-state index is 13.7. The van der Waals surface area contributed by atoms with Crippen molar-refractivity contribution in [2.75, 3.05) is 13.2 Å². The molecular weight excluding hydrogens is 622 g/mol. The number of hydrogen-bond acceptors (Lipinski definition) is 8. The Labute approximate surface area is 284 Å². The molecule has 5 amide bonds. The number of alkyl carbamates (subject to hydrolysis) is 1. The Balaban J connectivity index is 2.08. The lowest BCUT2D eigenvalue weighted by Gasteiger charge is -2.31. The number of carbonyl (C=O) groups is 7. The van der Waals surface area contributed by atoms with Gasteiger partial charge in [-0.1, -0.05) is 73.1 Å². The minimum Gasteiger partial charge on any atom is -0.480 e. The van der Waals surface area contributed by atoms with Crippen LogP contribution in [0.2, 0.25) is 0 Å². The van der Waals surface area contributed by atoms with Gasteiger partial charge in [-0.05, 0) is 62.2 Å². The number of hydrogen-bond donors (Lipinski definition) is 6. The van der Waals surface area contributed by atoms with Gasteiger partial charge >= 0.3 is 12.1 Å². The van der Waals surface area contributed by atoms with E-state index in [4.69, 9.17) is 4.74 Å². The number of nitrogens with one attached hydrogen (secondary N) is 5. The van der Waals surface area contributed by atoms with Gasteiger partial charge in [0.05, 0.1) is 19.2 Å². The number of Topliss-reactive ketones (excluding diaryl/α,β-unsaturated/α-hetero) is 1. The average Bonchev–Trinajstić information content (AvgIpc) is 3.57. The summed E-state index contributed by atoms with van der Waals surface area (Å²) in [6.45, 7) is 8.92. The second kappa shape index (κ2) is 20.6. The second-order valence-electron chi connectivity index (χ2n) is 14.0. The van der Waals surface area contributed by atoms with Gasteiger partial charge in [0, 0.05) is 0 Å². The molecule has 48 heavy (non-hydrogen) atoms. The molecule has 0 heterocycles. The van der Waals surface area contributed by atoms with E-state index in [2.05, 4.69) is 26.6 Å². The Hall–Kier alpha value is -3.71. The zero-order valence-corrected chi connectivity index (χ0v) is 29.2. The standard InChI is InChI=1S/C34H57N5O9/c1-6-12-24(29(41)32(44)35-18-26(40)38-28(33(45)46)23-15-10-11-16-23)36-30(42)25(17-20(2)3)37-31(43)27(22-13-8-7-9-14-22)39-34(47)48-19-21(4)5/h20-25,27-28H,6-19H2,1-5H3,(H,35,44)(H,36,42)(H,37,43)(H,38,40)(H,39,47)(H,45,46)/t24?,25-,27-,28-/m0/s1. The quantitative estimate of drug-likeness (QED) is 0.111. The largest absolute Gasteiger partial charge is 0.480 e. The second-order valence-corrected chi connectivity index (χ2v) is 14.0. The highest BCUT2D eigenvalue weighted by molar-refractivity contribution is 6.38. The van der Waals surface area contributed by atoms with E-state index in [9.17, 15) is 38.7 Å². The van der Waals surface area contributed by atoms with Crippen molar-refractivity contribution in [1.82, 2.24) is 26.6 Å². The molecule has 1 unspecified atom stereocenters. The Bertz CT molecular complexity index is 1120. The molecule has 0 aromatic rings. The molecule has 2 aliphatic carbocycles. The molecule has 0 saturated heterocycles. The summed E-state index contributed by atoms with van der Waals surface area (Å²) in [5.74, 6) is -5.37. The summed E-state index contributed by atoms with van der Waals surface area (Å²) in [6, 6.07) is -4.26. The first-order valence-electron chi connectivity index (χ1n) is 17.6. The van der Waals surface area contributed by atoms with Crippen LogP contribution >= 0.6 is 0 Å². The molecule has 2 aliphatic rings. The number of carbonyl (C=O) groups excluding carboxylic acids is 6. The fourth-order valence-corrected chi connectivity index (χ4v) is 6.37. The minimum absolute atomic E-state index is 0.0286. The lowest BCUT2D eigenvalue weighted by Crippen LogP contribution is -2.58. The molecule has 2 rings (SSSR count). The maximum atomic E-state index is 13.7. The van der Waals surface area contributed by atoms with E-state index >= 15 is 0 Å². The van der Waals surface area contributed by atoms with Gasteiger partial charge in [-0.2, -0.15) is 0 Å². The van der Waals surface area contributed by atoms with Crippen molar-refractivity contribution in [3.05, 3.63) is 0 Å². The highest BCUT2D eigenvalue weighted by Gasteiger charge is 2.36. The summed E-state index contributed by atoms with van der Waals surface area (Å²) in [4.78, 5) is 89.9. The zero-order chi connectivity index (χ0) is 35.8. The van der Waals surface area contributed by atoms with E-state index < -0.39 is 72.2 Å². The molecule has 0 spiro atoms. The summed E-state index contributed by atoms with van der Waals surface area (Å²) in [7, 11) is 0. The predicted octanol–water partition coefficient (Wildman–Crippen LogP) is 2.58. The normalized spacial score (nSPS) is 17.9. The van der Waals surface area contributed by atoms with Crippen molar-refractivity contribution >= 4 is 41.5 Å². The van der Waals surface area contributed by atoms with Crippen LogP contribution in [0.25, 0.3) is 0 Å². The monoisotopic (exact) mass is 679 g/mol. The molecule has 2 saturated carbocycles. The van der Waals surface area contributed by atoms with Crippen molar-refractivity contribution in [3.63, 3.8) is 0 Å². The first-order chi connectivity index (χ1) is 22.7. The fourth-order valence-electron chi connectivity index (χ4n) is 6.37. The topological polar surface area (TPSA) is 209 Å². The summed E-state index contributed by atoms with van der Waals surface area (Å²) >= 11 is 0. The number of aliphatic carboxylic acids is 1. The first-order valence-corrected chi connectivity index (χ1v) is 17.6. The molecular formula is C34H57N5O9. The maximum Gasteiger partial charge on any atom is 0.407 e. The van der Waals surface area contributed by atoms with Gasteiger partial charge in [0.2, 0.25) is 23.5 Å². The van der Waals surface area contributed by atoms with Crippen LogP contribution in [0.5, 0.6) is 0 Å². The Kier molecular flexibility index (Phi) is 17.4. The summed E-state index contributed by atoms with van der Waals surface area (Å²) in [5, 5.41) is 22.3. The zero-order valence-electron chi connectivity index (χ0n) is 29.2. The van der Waals surface area contributed by atoms with Gasteiger partial charge in [0.1, 0.15) is 18.1 Å². The van der Waals surface area contributed by atoms with Crippen LogP contribution in [0.3, 0.4) is 0 Å². The molecule has 272 valence electrons. The molecule has 0 radical (unpaired) electrons. The van der Waals surface area contributed by atoms with Crippen LogP contribution in [0.15, 0.2) is 0 Å². The van der Waals surface area contributed by atoms with Gasteiger partial charge in [-0.3, -0.25) is 24.0 Å². The van der Waals surface area contributed by atoms with Crippen molar-refractivity contribution in [2.45, 2.75) is 136 Å². The Morgan fingerprint density at radius 2 is 1.27 bits per heavy atom. The van der Waals surface area contributed by atoms with Crippen molar-refractivity contribution in [2.24, 2.45) is 23.7 Å². The Morgan fingerprint density at radius 3 is 1.81 bits per heavy atom. The highest BCUT2D eigenvalue weighted by Crippen LogP contribution is 2.28. The Morgan fingerprint density at radius 1 is 0.708 bits per heavy atom. The molecule has 0 bridgehead atoms. The lowest BCUT2D eigenvalue weighted by atomic mass is 9.83. The van der Waals surface area contributed by atoms with E-state index in [1.165, 1.54) is 0 Å². The number of rotatable bonds is 19. The predicted molar refractivity (Wildman–Crippen MR) is 177 cm³/mol. The molecule has 0 aromatic carbocycles. The van der Waals surface area contributed by atoms with E-state index in [1.54, 1.807) is 6.92 Å². The smallest absolute Gasteiger partial charge is 0.407 e. The summed E-state index contributed by atoms with van der Waals surface area (Å²) in [6.07, 6.45) is 7.57. The van der Waals surface area contributed by atoms with Crippen LogP contribution in [-0.2, 0) is 33.5 Å². The van der Waals surface area contributed by atoms with E-state index in [0.717, 1.165) is 44.9 Å². The van der Waals surface area contributed by atoms with E-state index in [0.29, 0.717) is 19.3 Å². The van der Waals surface area contributed by atoms with E-state index in [1.807, 2.05) is 27.7 Å². The third-order valence-electron chi connectivity index (χ3n) is 8.86. The fraction of sp³-hybridized carbons (Fsp3) is 0.794. The number of amides is 5. The van der Waals surface area contributed by atoms with Crippen LogP contribution in [-0.4, -0.2) is 83.9 Å².